The third kappa shape index (κ3) is 4.32. The van der Waals surface area contributed by atoms with E-state index in [1.807, 2.05) is 42.6 Å². The van der Waals surface area contributed by atoms with Gasteiger partial charge >= 0.3 is 7.60 Å². The van der Waals surface area contributed by atoms with Crippen LogP contribution in [-0.4, -0.2) is 35.0 Å². The molecule has 0 radical (unpaired) electrons. The van der Waals surface area contributed by atoms with Crippen molar-refractivity contribution in [2.75, 3.05) is 13.7 Å². The molecule has 0 spiro atoms. The van der Waals surface area contributed by atoms with E-state index >= 15 is 0 Å². The van der Waals surface area contributed by atoms with Gasteiger partial charge in [0, 0.05) is 37.5 Å². The number of para-hydroxylation sites is 1. The molecule has 3 rings (SSSR count). The van der Waals surface area contributed by atoms with Crippen LogP contribution < -0.4 is 5.30 Å². The molecule has 0 aliphatic carbocycles. The predicted molar refractivity (Wildman–Crippen MR) is 120 cm³/mol. The standard InChI is InChI=1S/C23H27N2O3P/c1-5-25-21-15-14-19(29(26,27)28-4)17-20(21)23(2,3)22(25)13-9-10-16-24-18-11-7-6-8-12-18/h6-9,11-17H,5,10H2,1-4H3/p+1. The lowest BCUT2D eigenvalue weighted by Crippen LogP contribution is -2.28. The maximum atomic E-state index is 12.3. The van der Waals surface area contributed by atoms with Crippen molar-refractivity contribution in [3.8, 4) is 0 Å². The van der Waals surface area contributed by atoms with Gasteiger partial charge in [0.25, 0.3) is 0 Å². The van der Waals surface area contributed by atoms with Gasteiger partial charge in [-0.1, -0.05) is 24.3 Å². The Labute approximate surface area is 172 Å². The summed E-state index contributed by atoms with van der Waals surface area (Å²) in [6, 6.07) is 15.3. The number of hydrogen-bond donors (Lipinski definition) is 1. The summed E-state index contributed by atoms with van der Waals surface area (Å²) in [6.07, 6.45) is 6.86. The lowest BCUT2D eigenvalue weighted by molar-refractivity contribution is -0.433. The Morgan fingerprint density at radius 2 is 1.93 bits per heavy atom. The summed E-state index contributed by atoms with van der Waals surface area (Å²) >= 11 is 0. The third-order valence-corrected chi connectivity index (χ3v) is 6.70. The van der Waals surface area contributed by atoms with Gasteiger partial charge in [-0.2, -0.15) is 4.58 Å². The summed E-state index contributed by atoms with van der Waals surface area (Å²) < 4.78 is 19.3. The highest BCUT2D eigenvalue weighted by Gasteiger charge is 2.44. The number of allylic oxidation sites excluding steroid dienone is 2. The van der Waals surface area contributed by atoms with Crippen LogP contribution in [0.5, 0.6) is 0 Å². The van der Waals surface area contributed by atoms with E-state index in [2.05, 4.69) is 42.5 Å². The van der Waals surface area contributed by atoms with Crippen molar-refractivity contribution < 1.29 is 18.6 Å². The lowest BCUT2D eigenvalue weighted by atomic mass is 9.81. The molecule has 1 N–H and O–H groups in total. The maximum absolute atomic E-state index is 12.3. The van der Waals surface area contributed by atoms with E-state index in [4.69, 9.17) is 4.52 Å². The predicted octanol–water partition coefficient (Wildman–Crippen LogP) is 4.89. The maximum Gasteiger partial charge on any atom is 0.358 e. The number of nitrogens with zero attached hydrogens (tertiary/aromatic N) is 2. The van der Waals surface area contributed by atoms with Gasteiger partial charge in [-0.25, -0.2) is 0 Å². The minimum Gasteiger partial charge on any atom is -0.321 e. The first-order valence-corrected chi connectivity index (χ1v) is 11.3. The van der Waals surface area contributed by atoms with Crippen molar-refractivity contribution in [3.63, 3.8) is 0 Å². The van der Waals surface area contributed by atoms with Crippen molar-refractivity contribution >= 4 is 36.2 Å². The van der Waals surface area contributed by atoms with Crippen LogP contribution in [0.3, 0.4) is 0 Å². The Bertz CT molecular complexity index is 1020. The van der Waals surface area contributed by atoms with Crippen LogP contribution in [0.15, 0.2) is 65.7 Å². The zero-order chi connectivity index (χ0) is 21.1. The van der Waals surface area contributed by atoms with Crippen LogP contribution in [0.4, 0.5) is 11.4 Å². The van der Waals surface area contributed by atoms with E-state index in [0.717, 1.165) is 35.6 Å². The zero-order valence-electron chi connectivity index (χ0n) is 17.4. The molecule has 1 unspecified atom stereocenters. The van der Waals surface area contributed by atoms with Crippen molar-refractivity contribution in [1.82, 2.24) is 0 Å². The van der Waals surface area contributed by atoms with Gasteiger partial charge < -0.3 is 9.42 Å². The fourth-order valence-electron chi connectivity index (χ4n) is 3.70. The molecule has 5 nitrogen and oxygen atoms in total. The molecule has 29 heavy (non-hydrogen) atoms. The molecule has 1 atom stereocenters. The second-order valence-corrected chi connectivity index (χ2v) is 9.37. The number of aliphatic imine (C=N–C) groups is 1. The second-order valence-electron chi connectivity index (χ2n) is 7.44. The molecule has 0 fully saturated rings. The lowest BCUT2D eigenvalue weighted by Gasteiger charge is -2.17. The Morgan fingerprint density at radius 1 is 1.21 bits per heavy atom. The Balaban J connectivity index is 1.86. The molecular formula is C23H28N2O3P+. The van der Waals surface area contributed by atoms with Crippen LogP contribution in [0.1, 0.15) is 32.8 Å². The molecule has 0 bridgehead atoms. The molecule has 1 aliphatic rings. The summed E-state index contributed by atoms with van der Waals surface area (Å²) in [5.74, 6) is 0. The normalized spacial score (nSPS) is 17.8. The van der Waals surface area contributed by atoms with E-state index in [0.29, 0.717) is 5.30 Å². The molecule has 0 saturated carbocycles. The number of benzene rings is 2. The van der Waals surface area contributed by atoms with Crippen LogP contribution >= 0.6 is 7.60 Å². The third-order valence-electron chi connectivity index (χ3n) is 5.28. The first-order valence-electron chi connectivity index (χ1n) is 9.74. The second kappa shape index (κ2) is 8.58. The molecule has 0 amide bonds. The summed E-state index contributed by atoms with van der Waals surface area (Å²) in [5, 5.41) is 0.322. The average molecular weight is 411 g/mol. The Morgan fingerprint density at radius 3 is 2.59 bits per heavy atom. The summed E-state index contributed by atoms with van der Waals surface area (Å²) in [4.78, 5) is 14.5. The van der Waals surface area contributed by atoms with Gasteiger partial charge in [0.05, 0.1) is 16.4 Å². The minimum absolute atomic E-state index is 0.290. The average Bonchev–Trinajstić information content (AvgIpc) is 2.94. The van der Waals surface area contributed by atoms with E-state index in [-0.39, 0.29) is 5.41 Å². The highest BCUT2D eigenvalue weighted by molar-refractivity contribution is 7.61. The molecule has 2 aromatic rings. The van der Waals surface area contributed by atoms with Crippen LogP contribution in [0.25, 0.3) is 0 Å². The number of hydrogen-bond acceptors (Lipinski definition) is 3. The summed E-state index contributed by atoms with van der Waals surface area (Å²) in [6.45, 7) is 7.20. The zero-order valence-corrected chi connectivity index (χ0v) is 18.3. The highest BCUT2D eigenvalue weighted by Crippen LogP contribution is 2.44. The SMILES string of the molecule is CC[N+]1=C(C=CCC=Nc2ccccc2)C(C)(C)c2cc(P(=O)(O)OC)ccc21. The Hall–Kier alpha value is -2.33. The molecule has 1 aliphatic heterocycles. The van der Waals surface area contributed by atoms with Gasteiger partial charge in [0.2, 0.25) is 5.69 Å². The molecule has 152 valence electrons. The molecule has 0 saturated heterocycles. The van der Waals surface area contributed by atoms with E-state index in [9.17, 15) is 9.46 Å². The van der Waals surface area contributed by atoms with Gasteiger partial charge in [0.15, 0.2) is 5.71 Å². The fourth-order valence-corrected chi connectivity index (χ4v) is 4.46. The van der Waals surface area contributed by atoms with Crippen LogP contribution in [0.2, 0.25) is 0 Å². The number of rotatable bonds is 7. The minimum atomic E-state index is -3.78. The first-order chi connectivity index (χ1) is 13.8. The van der Waals surface area contributed by atoms with Gasteiger partial charge in [0.1, 0.15) is 6.54 Å². The van der Waals surface area contributed by atoms with E-state index in [1.54, 1.807) is 12.1 Å². The van der Waals surface area contributed by atoms with Gasteiger partial charge in [-0.3, -0.25) is 9.56 Å². The summed E-state index contributed by atoms with van der Waals surface area (Å²) in [5.41, 5.74) is 3.90. The quantitative estimate of drug-likeness (QED) is 0.401. The molecular weight excluding hydrogens is 383 g/mol. The van der Waals surface area contributed by atoms with Crippen LogP contribution in [0, 0.1) is 0 Å². The molecule has 6 heteroatoms. The van der Waals surface area contributed by atoms with Gasteiger partial charge in [-0.15, -0.1) is 0 Å². The monoisotopic (exact) mass is 411 g/mol. The molecule has 0 aromatic heterocycles. The largest absolute Gasteiger partial charge is 0.358 e. The molecule has 1 heterocycles. The first kappa shape index (κ1) is 21.4. The summed E-state index contributed by atoms with van der Waals surface area (Å²) in [7, 11) is -2.53. The van der Waals surface area contributed by atoms with Crippen molar-refractivity contribution in [2.45, 2.75) is 32.6 Å². The highest BCUT2D eigenvalue weighted by atomic mass is 31.2. The fraction of sp³-hybridized carbons (Fsp3) is 0.304. The smallest absolute Gasteiger partial charge is 0.321 e. The van der Waals surface area contributed by atoms with Crippen molar-refractivity contribution in [1.29, 1.82) is 0 Å². The van der Waals surface area contributed by atoms with Crippen molar-refractivity contribution in [2.24, 2.45) is 4.99 Å². The van der Waals surface area contributed by atoms with E-state index in [1.165, 1.54) is 7.11 Å². The van der Waals surface area contributed by atoms with Gasteiger partial charge in [-0.05, 0) is 45.0 Å². The van der Waals surface area contributed by atoms with E-state index < -0.39 is 7.60 Å². The topological polar surface area (TPSA) is 61.9 Å². The number of fused-ring (bicyclic) bond motifs is 1. The van der Waals surface area contributed by atoms with Crippen molar-refractivity contribution in [3.05, 3.63) is 66.2 Å². The Kier molecular flexibility index (Phi) is 6.33. The molecule has 2 aromatic carbocycles. The van der Waals surface area contributed by atoms with Crippen LogP contribution in [-0.2, 0) is 14.5 Å².